The second-order valence-corrected chi connectivity index (χ2v) is 6.64. The number of ether oxygens (including phenoxy) is 3. The molecule has 0 bridgehead atoms. The number of carbonyl (C=O) groups is 1. The number of nitrogens with zero attached hydrogens (tertiary/aromatic N) is 1. The summed E-state index contributed by atoms with van der Waals surface area (Å²) in [4.78, 5) is 13.0. The molecule has 2 aliphatic rings. The summed E-state index contributed by atoms with van der Waals surface area (Å²) in [7, 11) is 0. The molecule has 0 aliphatic carbocycles. The average Bonchev–Trinajstić information content (AvgIpc) is 2.63. The zero-order chi connectivity index (χ0) is 17.9. The molecule has 0 aromatic heterocycles. The van der Waals surface area contributed by atoms with Gasteiger partial charge in [-0.25, -0.2) is 0 Å². The highest BCUT2D eigenvalue weighted by molar-refractivity contribution is 5.71. The van der Waals surface area contributed by atoms with Crippen molar-refractivity contribution >= 4 is 5.97 Å². The Kier molecular flexibility index (Phi) is 4.67. The molecule has 0 amide bonds. The summed E-state index contributed by atoms with van der Waals surface area (Å²) in [5.74, 6) is 1.42. The number of hydrogen-bond donors (Lipinski definition) is 1. The van der Waals surface area contributed by atoms with E-state index in [1.807, 2.05) is 42.5 Å². The van der Waals surface area contributed by atoms with Gasteiger partial charge in [0.1, 0.15) is 25.6 Å². The van der Waals surface area contributed by atoms with E-state index < -0.39 is 5.97 Å². The zero-order valence-corrected chi connectivity index (χ0v) is 14.4. The molecule has 0 saturated carbocycles. The normalized spacial score (nSPS) is 16.8. The Morgan fingerprint density at radius 2 is 1.73 bits per heavy atom. The van der Waals surface area contributed by atoms with Crippen molar-refractivity contribution in [1.29, 1.82) is 0 Å². The van der Waals surface area contributed by atoms with Crippen LogP contribution in [-0.2, 0) is 17.9 Å². The monoisotopic (exact) mass is 355 g/mol. The van der Waals surface area contributed by atoms with Gasteiger partial charge in [-0.15, -0.1) is 0 Å². The smallest absolute Gasteiger partial charge is 0.309 e. The Bertz CT molecular complexity index is 783. The first-order valence-corrected chi connectivity index (χ1v) is 8.73. The van der Waals surface area contributed by atoms with Crippen LogP contribution in [0.3, 0.4) is 0 Å². The lowest BCUT2D eigenvalue weighted by atomic mass is 10.00. The number of fused-ring (bicyclic) bond motifs is 1. The molecule has 6 nitrogen and oxygen atoms in total. The van der Waals surface area contributed by atoms with Crippen molar-refractivity contribution in [2.45, 2.75) is 13.2 Å². The molecule has 2 aromatic carbocycles. The predicted molar refractivity (Wildman–Crippen MR) is 94.6 cm³/mol. The van der Waals surface area contributed by atoms with Crippen LogP contribution in [0.5, 0.6) is 17.2 Å². The second kappa shape index (κ2) is 7.25. The van der Waals surface area contributed by atoms with Crippen LogP contribution in [0, 0.1) is 5.92 Å². The number of aliphatic carboxylic acids is 1. The van der Waals surface area contributed by atoms with Crippen molar-refractivity contribution in [3.8, 4) is 17.2 Å². The molecule has 0 unspecified atom stereocenters. The summed E-state index contributed by atoms with van der Waals surface area (Å²) in [6.45, 7) is 3.64. The predicted octanol–water partition coefficient (Wildman–Crippen LogP) is 2.55. The first-order valence-electron chi connectivity index (χ1n) is 8.73. The minimum absolute atomic E-state index is 0.219. The molecule has 1 fully saturated rings. The molecule has 2 aliphatic heterocycles. The lowest BCUT2D eigenvalue weighted by Gasteiger charge is -2.36. The van der Waals surface area contributed by atoms with Crippen LogP contribution >= 0.6 is 0 Å². The highest BCUT2D eigenvalue weighted by Crippen LogP contribution is 2.31. The van der Waals surface area contributed by atoms with Gasteiger partial charge < -0.3 is 19.3 Å². The summed E-state index contributed by atoms with van der Waals surface area (Å²) in [6.07, 6.45) is 0. The maximum absolute atomic E-state index is 10.8. The zero-order valence-electron chi connectivity index (χ0n) is 14.4. The van der Waals surface area contributed by atoms with E-state index >= 15 is 0 Å². The van der Waals surface area contributed by atoms with Crippen LogP contribution in [-0.4, -0.2) is 42.3 Å². The van der Waals surface area contributed by atoms with Gasteiger partial charge in [0.2, 0.25) is 0 Å². The summed E-state index contributed by atoms with van der Waals surface area (Å²) in [6, 6.07) is 13.8. The quantitative estimate of drug-likeness (QED) is 0.859. The van der Waals surface area contributed by atoms with Gasteiger partial charge in [0.25, 0.3) is 0 Å². The molecule has 6 heteroatoms. The summed E-state index contributed by atoms with van der Waals surface area (Å²) in [5, 5.41) is 8.91. The van der Waals surface area contributed by atoms with E-state index in [4.69, 9.17) is 19.3 Å². The van der Waals surface area contributed by atoms with Crippen LogP contribution in [0.4, 0.5) is 0 Å². The number of carboxylic acid groups (broad SMARTS) is 1. The Balaban J connectivity index is 1.28. The SMILES string of the molecule is O=C(O)C1CN(Cc2ccc(OCc3ccc4c(c3)OCCO4)cc2)C1. The third kappa shape index (κ3) is 3.75. The minimum atomic E-state index is -0.705. The molecule has 0 spiro atoms. The molecule has 2 heterocycles. The molecule has 4 rings (SSSR count). The maximum Gasteiger partial charge on any atom is 0.309 e. The molecule has 26 heavy (non-hydrogen) atoms. The average molecular weight is 355 g/mol. The third-order valence-electron chi connectivity index (χ3n) is 4.65. The first-order chi connectivity index (χ1) is 12.7. The molecular formula is C20H21NO5. The lowest BCUT2D eigenvalue weighted by molar-refractivity contribution is -0.147. The lowest BCUT2D eigenvalue weighted by Crippen LogP contribution is -2.49. The van der Waals surface area contributed by atoms with E-state index in [1.165, 1.54) is 0 Å². The van der Waals surface area contributed by atoms with E-state index in [-0.39, 0.29) is 5.92 Å². The topological polar surface area (TPSA) is 68.2 Å². The highest BCUT2D eigenvalue weighted by Gasteiger charge is 2.32. The van der Waals surface area contributed by atoms with Crippen molar-refractivity contribution in [2.75, 3.05) is 26.3 Å². The largest absolute Gasteiger partial charge is 0.489 e. The van der Waals surface area contributed by atoms with Gasteiger partial charge in [0, 0.05) is 19.6 Å². The Morgan fingerprint density at radius 3 is 2.46 bits per heavy atom. The molecule has 0 radical (unpaired) electrons. The Labute approximate surface area is 151 Å². The van der Waals surface area contributed by atoms with Crippen molar-refractivity contribution in [1.82, 2.24) is 4.90 Å². The number of likely N-dealkylation sites (tertiary alicyclic amines) is 1. The summed E-state index contributed by atoms with van der Waals surface area (Å²) >= 11 is 0. The molecule has 136 valence electrons. The van der Waals surface area contributed by atoms with Crippen LogP contribution in [0.2, 0.25) is 0 Å². The van der Waals surface area contributed by atoms with Crippen LogP contribution in [0.1, 0.15) is 11.1 Å². The van der Waals surface area contributed by atoms with E-state index in [9.17, 15) is 4.79 Å². The van der Waals surface area contributed by atoms with Gasteiger partial charge in [-0.2, -0.15) is 0 Å². The fourth-order valence-electron chi connectivity index (χ4n) is 3.15. The van der Waals surface area contributed by atoms with Gasteiger partial charge in [-0.05, 0) is 35.4 Å². The van der Waals surface area contributed by atoms with Gasteiger partial charge in [0.05, 0.1) is 5.92 Å². The summed E-state index contributed by atoms with van der Waals surface area (Å²) in [5.41, 5.74) is 2.18. The minimum Gasteiger partial charge on any atom is -0.489 e. The van der Waals surface area contributed by atoms with Gasteiger partial charge in [-0.3, -0.25) is 9.69 Å². The number of benzene rings is 2. The third-order valence-corrected chi connectivity index (χ3v) is 4.65. The van der Waals surface area contributed by atoms with Crippen LogP contribution in [0.25, 0.3) is 0 Å². The van der Waals surface area contributed by atoms with Gasteiger partial charge in [-0.1, -0.05) is 18.2 Å². The fourth-order valence-corrected chi connectivity index (χ4v) is 3.15. The van der Waals surface area contributed by atoms with Crippen molar-refractivity contribution in [2.24, 2.45) is 5.92 Å². The highest BCUT2D eigenvalue weighted by atomic mass is 16.6. The van der Waals surface area contributed by atoms with Gasteiger partial charge >= 0.3 is 5.97 Å². The Hall–Kier alpha value is -2.73. The summed E-state index contributed by atoms with van der Waals surface area (Å²) < 4.78 is 16.9. The maximum atomic E-state index is 10.8. The van der Waals surface area contributed by atoms with E-state index in [0.717, 1.165) is 34.9 Å². The number of carboxylic acids is 1. The van der Waals surface area contributed by atoms with Gasteiger partial charge in [0.15, 0.2) is 11.5 Å². The standard InChI is InChI=1S/C20H21NO5/c22-20(23)16-11-21(12-16)10-14-1-4-17(5-2-14)26-13-15-3-6-18-19(9-15)25-8-7-24-18/h1-6,9,16H,7-8,10-13H2,(H,22,23). The van der Waals surface area contributed by atoms with E-state index in [2.05, 4.69) is 4.90 Å². The van der Waals surface area contributed by atoms with Crippen molar-refractivity contribution in [3.05, 3.63) is 53.6 Å². The Morgan fingerprint density at radius 1 is 1.04 bits per heavy atom. The van der Waals surface area contributed by atoms with Crippen molar-refractivity contribution in [3.63, 3.8) is 0 Å². The molecule has 2 aromatic rings. The van der Waals surface area contributed by atoms with E-state index in [1.54, 1.807) is 0 Å². The number of hydrogen-bond acceptors (Lipinski definition) is 5. The van der Waals surface area contributed by atoms with E-state index in [0.29, 0.717) is 32.9 Å². The van der Waals surface area contributed by atoms with Crippen LogP contribution < -0.4 is 14.2 Å². The fraction of sp³-hybridized carbons (Fsp3) is 0.350. The molecular weight excluding hydrogens is 334 g/mol. The van der Waals surface area contributed by atoms with Crippen molar-refractivity contribution < 1.29 is 24.1 Å². The molecule has 1 N–H and O–H groups in total. The second-order valence-electron chi connectivity index (χ2n) is 6.64. The van der Waals surface area contributed by atoms with Crippen LogP contribution in [0.15, 0.2) is 42.5 Å². The molecule has 0 atom stereocenters. The molecule has 1 saturated heterocycles. The number of rotatable bonds is 6. The first kappa shape index (κ1) is 16.7.